The van der Waals surface area contributed by atoms with E-state index in [1.54, 1.807) is 0 Å². The third kappa shape index (κ3) is 60.0. The number of pyridine rings is 2. The number of esters is 2. The Morgan fingerprint density at radius 3 is 0.827 bits per heavy atom. The molecule has 0 radical (unpaired) electrons. The summed E-state index contributed by atoms with van der Waals surface area (Å²) in [6, 6.07) is 12.8. The smallest absolute Gasteiger partial charge is 0.308 e. The van der Waals surface area contributed by atoms with E-state index in [9.17, 15) is 9.59 Å². The third-order valence-electron chi connectivity index (χ3n) is 20.4. The highest BCUT2D eigenvalue weighted by molar-refractivity contribution is 6.08. The van der Waals surface area contributed by atoms with Crippen molar-refractivity contribution in [3.8, 4) is 0 Å². The predicted octanol–water partition coefficient (Wildman–Crippen LogP) is 7.44. The van der Waals surface area contributed by atoms with Gasteiger partial charge in [-0.1, -0.05) is 26.7 Å². The van der Waals surface area contributed by atoms with Crippen molar-refractivity contribution in [3.63, 3.8) is 0 Å². The maximum absolute atomic E-state index is 11.6. The van der Waals surface area contributed by atoms with Crippen LogP contribution in [-0.2, 0) is 146 Å². The first-order chi connectivity index (χ1) is 67.9. The monoisotopic (exact) mass is 1980 g/mol. The highest BCUT2D eigenvalue weighted by atomic mass is 16.6. The Kier molecular flexibility index (Phi) is 69.3. The van der Waals surface area contributed by atoms with Gasteiger partial charge in [0.15, 0.2) is 0 Å². The van der Waals surface area contributed by atoms with E-state index >= 15 is 0 Å². The van der Waals surface area contributed by atoms with Crippen molar-refractivity contribution in [3.05, 3.63) is 48.0 Å². The van der Waals surface area contributed by atoms with Crippen LogP contribution in [0.5, 0.6) is 0 Å². The van der Waals surface area contributed by atoms with Gasteiger partial charge in [0.1, 0.15) is 56.6 Å². The molecule has 2 aromatic carbocycles. The number of ether oxygens (including phenoxy) is 26. The zero-order chi connectivity index (χ0) is 99.2. The molecule has 6 heterocycles. The average molecular weight is 1980 g/mol. The molecule has 2 aliphatic rings. The van der Waals surface area contributed by atoms with Gasteiger partial charge in [0.2, 0.25) is 0 Å². The number of aryl methyl sites for hydroxylation is 2. The molecule has 0 atom stereocenters. The van der Waals surface area contributed by atoms with Gasteiger partial charge in [0.05, 0.1) is 348 Å². The molecule has 139 heavy (non-hydrogen) atoms. The number of nitrogens with zero attached hydrogens (tertiary/aromatic N) is 7. The molecule has 8 rings (SSSR count). The summed E-state index contributed by atoms with van der Waals surface area (Å²) in [4.78, 5) is 56.1. The lowest BCUT2D eigenvalue weighted by Gasteiger charge is -2.36. The molecule has 0 spiro atoms. The number of aliphatic hydroxyl groups excluding tert-OH is 1. The van der Waals surface area contributed by atoms with Crippen molar-refractivity contribution in [2.45, 2.75) is 118 Å². The largest absolute Gasteiger partial charge is 0.460 e. The van der Waals surface area contributed by atoms with Gasteiger partial charge in [-0.25, -0.2) is 19.9 Å². The normalized spacial score (nSPS) is 13.4. The van der Waals surface area contributed by atoms with Crippen LogP contribution < -0.4 is 26.6 Å². The highest BCUT2D eigenvalue weighted by Crippen LogP contribution is 2.32. The minimum absolute atomic E-state index is 0.0217. The van der Waals surface area contributed by atoms with Crippen LogP contribution in [-0.4, -0.2) is 446 Å². The molecule has 4 aromatic heterocycles. The number of fused-ring (bicyclic) bond motifs is 6. The number of anilines is 4. The predicted molar refractivity (Wildman–Crippen MR) is 530 cm³/mol. The standard InChI is InChI=1S/C49H84N6O14.C31H62O15.C18H24N6/c1-5-6-7-44-52-46-42-40-41(8-9-43(42)51-48(50)47(46)53-44)55-13-11-54(12-14-55)15-17-58-19-21-60-23-25-62-27-29-64-31-33-66-35-37-68-39-38-67-36-34-65-32-30-63-28-26-61-24-22-59-20-18-57-16-10-45(56)69-49(2,3)4;1-31(2,3)46-30(33)4-6-34-8-10-36-12-14-38-16-18-40-20-22-42-24-26-44-28-29-45-27-25-43-23-21-41-19-17-39-15-13-37-11-9-35-7-5-32;1-2-3-4-15-22-16-13-11-12(24-9-7-20-8-10-24)5-6-14(13)21-18(19)17(16)23-15/h8-9,40H,5-7,10-39H2,1-4H3,(H2,50,51)(H,52,53);32H,4-29H2,1-3H3;5-6,11,20H,2-4,7-10H2,1H3,(H2,19,21)(H,22,23). The van der Waals surface area contributed by atoms with Crippen LogP contribution in [0.25, 0.3) is 43.9 Å². The van der Waals surface area contributed by atoms with Crippen LogP contribution in [0.1, 0.15) is 106 Å². The molecule has 41 heteroatoms. The quantitative estimate of drug-likeness (QED) is 0.0159. The van der Waals surface area contributed by atoms with Gasteiger partial charge in [-0.2, -0.15) is 0 Å². The molecule has 796 valence electrons. The summed E-state index contributed by atoms with van der Waals surface area (Å²) in [5.74, 6) is 2.47. The second-order valence-corrected chi connectivity index (χ2v) is 34.1. The number of aromatic nitrogens is 6. The number of unbranched alkanes of at least 4 members (excludes halogenated alkanes) is 2. The number of aliphatic hydroxyl groups is 1. The van der Waals surface area contributed by atoms with Crippen LogP contribution in [0.15, 0.2) is 36.4 Å². The van der Waals surface area contributed by atoms with E-state index < -0.39 is 11.2 Å². The number of piperazine rings is 2. The molecule has 0 saturated carbocycles. The van der Waals surface area contributed by atoms with E-state index in [0.717, 1.165) is 153 Å². The number of aromatic amines is 2. The second-order valence-electron chi connectivity index (χ2n) is 34.1. The molecule has 0 unspecified atom stereocenters. The van der Waals surface area contributed by atoms with Crippen LogP contribution in [0.4, 0.5) is 23.0 Å². The number of carbonyl (C=O) groups is 2. The maximum Gasteiger partial charge on any atom is 0.308 e. The number of imidazole rings is 2. The van der Waals surface area contributed by atoms with Gasteiger partial charge in [-0.15, -0.1) is 0 Å². The summed E-state index contributed by atoms with van der Waals surface area (Å²) in [6.45, 7) is 47.4. The van der Waals surface area contributed by atoms with E-state index in [1.807, 2.05) is 41.5 Å². The number of hydrogen-bond acceptors (Lipinski definition) is 39. The first-order valence-corrected chi connectivity index (χ1v) is 49.9. The number of hydrogen-bond donors (Lipinski definition) is 6. The van der Waals surface area contributed by atoms with Crippen LogP contribution in [0.2, 0.25) is 0 Å². The Bertz CT molecular complexity index is 3990. The summed E-state index contributed by atoms with van der Waals surface area (Å²) >= 11 is 0. The SMILES string of the molecule is CC(C)(C)OC(=O)CCOCCOCCOCCOCCOCCOCCOCCOCCOCCOCCOCCOCCO.CCCCc1nc2c([nH]1)c(N)nc1ccc(N3CCN(CCOCCOCCOCCOCCOCCOCCOCCOCCOCCOCCOCCOCCC(=O)OC(C)(C)C)CC3)cc12.CCCCc1nc2c([nH]1)c(N)nc1ccc(N3CCNCC3)cc12. The van der Waals surface area contributed by atoms with Gasteiger partial charge >= 0.3 is 11.9 Å². The molecule has 0 aliphatic carbocycles. The van der Waals surface area contributed by atoms with Gasteiger partial charge in [0.25, 0.3) is 0 Å². The topological polar surface area (TPSA) is 451 Å². The zero-order valence-corrected chi connectivity index (χ0v) is 84.8. The Morgan fingerprint density at radius 1 is 0.331 bits per heavy atom. The first kappa shape index (κ1) is 121. The van der Waals surface area contributed by atoms with Crippen molar-refractivity contribution in [2.75, 3.05) is 404 Å². The summed E-state index contributed by atoms with van der Waals surface area (Å²) in [7, 11) is 0. The zero-order valence-electron chi connectivity index (χ0n) is 84.8. The number of carbonyl (C=O) groups excluding carboxylic acids is 2. The van der Waals surface area contributed by atoms with Crippen LogP contribution >= 0.6 is 0 Å². The van der Waals surface area contributed by atoms with Gasteiger partial charge in [0, 0.05) is 93.9 Å². The molecule has 2 fully saturated rings. The van der Waals surface area contributed by atoms with Crippen LogP contribution in [0.3, 0.4) is 0 Å². The molecule has 0 amide bonds. The minimum Gasteiger partial charge on any atom is -0.460 e. The number of nitrogens with two attached hydrogens (primary N) is 2. The Morgan fingerprint density at radius 2 is 0.576 bits per heavy atom. The lowest BCUT2D eigenvalue weighted by atomic mass is 10.1. The van der Waals surface area contributed by atoms with Crippen molar-refractivity contribution in [1.82, 2.24) is 40.1 Å². The van der Waals surface area contributed by atoms with Crippen molar-refractivity contribution >= 4 is 78.8 Å². The number of benzene rings is 2. The van der Waals surface area contributed by atoms with Crippen molar-refractivity contribution in [2.24, 2.45) is 0 Å². The van der Waals surface area contributed by atoms with Crippen molar-refractivity contribution in [1.29, 1.82) is 0 Å². The number of nitrogens with one attached hydrogen (secondary N) is 3. The molecule has 8 N–H and O–H groups in total. The Labute approximate surface area is 823 Å². The molecule has 41 nitrogen and oxygen atoms in total. The highest BCUT2D eigenvalue weighted by Gasteiger charge is 2.23. The van der Waals surface area contributed by atoms with E-state index in [0.29, 0.717) is 329 Å². The minimum atomic E-state index is -0.479. The van der Waals surface area contributed by atoms with E-state index in [1.165, 1.54) is 11.4 Å². The van der Waals surface area contributed by atoms with Gasteiger partial charge in [-0.3, -0.25) is 14.5 Å². The summed E-state index contributed by atoms with van der Waals surface area (Å²) in [5.41, 5.74) is 19.2. The second kappa shape index (κ2) is 79.6. The number of H-pyrrole nitrogens is 2. The van der Waals surface area contributed by atoms with Crippen LogP contribution in [0, 0.1) is 0 Å². The number of nitrogen functional groups attached to an aromatic ring is 2. The average Bonchev–Trinajstić information content (AvgIpc) is 1.68. The molecule has 0 bridgehead atoms. The fraction of sp³-hybridized carbons (Fsp3) is 0.776. The lowest BCUT2D eigenvalue weighted by molar-refractivity contribution is -0.157. The Balaban J connectivity index is 0.000000359. The van der Waals surface area contributed by atoms with Gasteiger partial charge < -0.3 is 165 Å². The van der Waals surface area contributed by atoms with E-state index in [4.69, 9.17) is 150 Å². The number of rotatable bonds is 85. The summed E-state index contributed by atoms with van der Waals surface area (Å²) in [6.07, 6.45) is 6.79. The summed E-state index contributed by atoms with van der Waals surface area (Å²) < 4.78 is 142. The fourth-order valence-electron chi connectivity index (χ4n) is 13.5. The molecular formula is C98H170N12O29. The molecule has 2 saturated heterocycles. The third-order valence-corrected chi connectivity index (χ3v) is 20.4. The fourth-order valence-corrected chi connectivity index (χ4v) is 13.5. The van der Waals surface area contributed by atoms with Crippen molar-refractivity contribution < 1.29 is 138 Å². The lowest BCUT2D eigenvalue weighted by Crippen LogP contribution is -2.47. The molecular weight excluding hydrogens is 1810 g/mol. The first-order valence-electron chi connectivity index (χ1n) is 49.9. The maximum atomic E-state index is 11.6. The molecule has 2 aliphatic heterocycles. The Hall–Kier alpha value is -6.74. The summed E-state index contributed by atoms with van der Waals surface area (Å²) in [5, 5.41) is 14.1. The van der Waals surface area contributed by atoms with E-state index in [2.05, 4.69) is 90.2 Å². The van der Waals surface area contributed by atoms with Gasteiger partial charge in [-0.05, 0) is 90.8 Å². The molecule has 6 aromatic rings. The van der Waals surface area contributed by atoms with E-state index in [-0.39, 0.29) is 31.4 Å².